The number of anilines is 1. The van der Waals surface area contributed by atoms with E-state index in [1.807, 2.05) is 0 Å². The van der Waals surface area contributed by atoms with Crippen molar-refractivity contribution in [3.8, 4) is 0 Å². The summed E-state index contributed by atoms with van der Waals surface area (Å²) < 4.78 is 57.6. The molecule has 1 aliphatic heterocycles. The van der Waals surface area contributed by atoms with Gasteiger partial charge in [-0.25, -0.2) is 22.5 Å². The Kier molecular flexibility index (Phi) is 5.31. The van der Waals surface area contributed by atoms with Crippen molar-refractivity contribution in [2.75, 3.05) is 4.90 Å². The number of amides is 1. The molecular formula is C22H17F4N3O3. The van der Waals surface area contributed by atoms with Gasteiger partial charge in [0.05, 0.1) is 29.0 Å². The Morgan fingerprint density at radius 3 is 2.38 bits per heavy atom. The number of benzene rings is 2. The van der Waals surface area contributed by atoms with E-state index >= 15 is 0 Å². The molecule has 2 aromatic carbocycles. The van der Waals surface area contributed by atoms with Gasteiger partial charge >= 0.3 is 0 Å². The van der Waals surface area contributed by atoms with Crippen LogP contribution in [0.1, 0.15) is 31.9 Å². The molecule has 0 radical (unpaired) electrons. The van der Waals surface area contributed by atoms with Gasteiger partial charge in [0.2, 0.25) is 5.78 Å². The molecule has 1 aromatic heterocycles. The number of ketones is 2. The van der Waals surface area contributed by atoms with Crippen molar-refractivity contribution < 1.29 is 31.9 Å². The molecule has 166 valence electrons. The van der Waals surface area contributed by atoms with Gasteiger partial charge in [0.1, 0.15) is 11.7 Å². The topological polar surface area (TPSA) is 83.1 Å². The summed E-state index contributed by atoms with van der Waals surface area (Å²) in [4.78, 5) is 46.2. The highest BCUT2D eigenvalue weighted by Crippen LogP contribution is 2.44. The van der Waals surface area contributed by atoms with E-state index in [2.05, 4.69) is 9.97 Å². The number of carbonyl (C=O) groups is 3. The van der Waals surface area contributed by atoms with Crippen molar-refractivity contribution in [2.24, 2.45) is 11.8 Å². The Bertz CT molecular complexity index is 1240. The molecule has 32 heavy (non-hydrogen) atoms. The normalized spacial score (nSPS) is 18.9. The Morgan fingerprint density at radius 2 is 1.75 bits per heavy atom. The first-order valence-electron chi connectivity index (χ1n) is 9.78. The van der Waals surface area contributed by atoms with Crippen molar-refractivity contribution in [3.05, 3.63) is 59.4 Å². The molecular weight excluding hydrogens is 430 g/mol. The van der Waals surface area contributed by atoms with Gasteiger partial charge in [-0.2, -0.15) is 0 Å². The van der Waals surface area contributed by atoms with Crippen LogP contribution in [0, 0.1) is 35.1 Å². The summed E-state index contributed by atoms with van der Waals surface area (Å²) in [6, 6.07) is 2.37. The van der Waals surface area contributed by atoms with Crippen LogP contribution in [0.25, 0.3) is 11.0 Å². The molecule has 0 bridgehead atoms. The number of halogens is 4. The lowest BCUT2D eigenvalue weighted by atomic mass is 9.85. The predicted octanol–water partition coefficient (Wildman–Crippen LogP) is 4.01. The van der Waals surface area contributed by atoms with Gasteiger partial charge in [-0.05, 0) is 24.1 Å². The van der Waals surface area contributed by atoms with E-state index in [0.29, 0.717) is 15.9 Å². The standard InChI is InChI=1S/C22H17F4N3O3/c1-9(2)5-15(30)16-20(17-18(25)11(23)7-12(24)19(17)26)29(22(32)21(16)31)10-3-4-13-14(6-10)28-8-27-13/h3-4,6-9,16,20H,5H2,1-2H3,(H,27,28). The van der Waals surface area contributed by atoms with Gasteiger partial charge in [-0.1, -0.05) is 13.8 Å². The molecule has 6 nitrogen and oxygen atoms in total. The number of imidazole rings is 1. The van der Waals surface area contributed by atoms with Gasteiger partial charge < -0.3 is 4.98 Å². The van der Waals surface area contributed by atoms with Gasteiger partial charge in [-0.15, -0.1) is 0 Å². The number of rotatable bonds is 5. The average Bonchev–Trinajstić information content (AvgIpc) is 3.28. The van der Waals surface area contributed by atoms with Crippen LogP contribution >= 0.6 is 0 Å². The molecule has 2 heterocycles. The third-order valence-corrected chi connectivity index (χ3v) is 5.39. The van der Waals surface area contributed by atoms with Crippen LogP contribution in [-0.2, 0) is 14.4 Å². The lowest BCUT2D eigenvalue weighted by Gasteiger charge is -2.28. The molecule has 1 fully saturated rings. The molecule has 0 saturated carbocycles. The van der Waals surface area contributed by atoms with Gasteiger partial charge in [0.25, 0.3) is 5.91 Å². The zero-order valence-electron chi connectivity index (χ0n) is 17.0. The van der Waals surface area contributed by atoms with Crippen LogP contribution in [0.15, 0.2) is 30.6 Å². The number of nitrogens with one attached hydrogen (secondary N) is 1. The molecule has 1 amide bonds. The minimum Gasteiger partial charge on any atom is -0.345 e. The fourth-order valence-corrected chi connectivity index (χ4v) is 4.02. The smallest absolute Gasteiger partial charge is 0.295 e. The zero-order valence-corrected chi connectivity index (χ0v) is 17.0. The van der Waals surface area contributed by atoms with E-state index in [1.54, 1.807) is 13.8 Å². The molecule has 1 aliphatic rings. The van der Waals surface area contributed by atoms with E-state index < -0.39 is 58.3 Å². The molecule has 0 spiro atoms. The van der Waals surface area contributed by atoms with Crippen molar-refractivity contribution in [2.45, 2.75) is 26.3 Å². The van der Waals surface area contributed by atoms with E-state index in [0.717, 1.165) is 0 Å². The lowest BCUT2D eigenvalue weighted by molar-refractivity contribution is -0.139. The number of aromatic amines is 1. The number of aromatic nitrogens is 2. The SMILES string of the molecule is CC(C)CC(=O)C1C(=O)C(=O)N(c2ccc3nc[nH]c3c2)C1c1c(F)c(F)cc(F)c1F. The molecule has 3 aromatic rings. The monoisotopic (exact) mass is 447 g/mol. The van der Waals surface area contributed by atoms with E-state index in [9.17, 15) is 31.9 Å². The number of nitrogens with zero attached hydrogens (tertiary/aromatic N) is 2. The quantitative estimate of drug-likeness (QED) is 0.277. The summed E-state index contributed by atoms with van der Waals surface area (Å²) in [5.41, 5.74) is -0.239. The maximum atomic E-state index is 14.8. The van der Waals surface area contributed by atoms with E-state index in [4.69, 9.17) is 0 Å². The Morgan fingerprint density at radius 1 is 1.09 bits per heavy atom. The number of fused-ring (bicyclic) bond motifs is 1. The number of H-pyrrole nitrogens is 1. The summed E-state index contributed by atoms with van der Waals surface area (Å²) in [5, 5.41) is 0. The number of Topliss-reactive ketones (excluding diaryl/α,β-unsaturated/α-hetero) is 2. The second-order valence-electron chi connectivity index (χ2n) is 8.01. The average molecular weight is 447 g/mol. The Hall–Kier alpha value is -3.56. The maximum Gasteiger partial charge on any atom is 0.295 e. The fourth-order valence-electron chi connectivity index (χ4n) is 4.02. The highest BCUT2D eigenvalue weighted by Gasteiger charge is 2.54. The van der Waals surface area contributed by atoms with Crippen molar-refractivity contribution in [3.63, 3.8) is 0 Å². The van der Waals surface area contributed by atoms with E-state index in [-0.39, 0.29) is 24.1 Å². The predicted molar refractivity (Wildman–Crippen MR) is 106 cm³/mol. The van der Waals surface area contributed by atoms with E-state index in [1.165, 1.54) is 24.5 Å². The molecule has 0 aliphatic carbocycles. The first-order chi connectivity index (χ1) is 15.1. The van der Waals surface area contributed by atoms with Crippen LogP contribution in [0.5, 0.6) is 0 Å². The molecule has 2 atom stereocenters. The zero-order chi connectivity index (χ0) is 23.3. The first-order valence-corrected chi connectivity index (χ1v) is 9.78. The molecule has 2 unspecified atom stereocenters. The number of carbonyl (C=O) groups excluding carboxylic acids is 3. The second-order valence-corrected chi connectivity index (χ2v) is 8.01. The van der Waals surface area contributed by atoms with Crippen LogP contribution in [0.4, 0.5) is 23.2 Å². The highest BCUT2D eigenvalue weighted by atomic mass is 19.2. The third kappa shape index (κ3) is 3.35. The minimum absolute atomic E-state index is 0.00779. The second kappa shape index (κ2) is 7.85. The molecule has 1 N–H and O–H groups in total. The van der Waals surface area contributed by atoms with Crippen molar-refractivity contribution in [1.29, 1.82) is 0 Å². The van der Waals surface area contributed by atoms with Gasteiger partial charge in [-0.3, -0.25) is 19.3 Å². The van der Waals surface area contributed by atoms with Gasteiger partial charge in [0.15, 0.2) is 23.3 Å². The van der Waals surface area contributed by atoms with Crippen LogP contribution in [-0.4, -0.2) is 27.4 Å². The summed E-state index contributed by atoms with van der Waals surface area (Å²) in [6.07, 6.45) is 1.20. The Balaban J connectivity index is 1.97. The molecule has 1 saturated heterocycles. The Labute approximate surface area is 179 Å². The van der Waals surface area contributed by atoms with Crippen molar-refractivity contribution in [1.82, 2.24) is 9.97 Å². The number of hydrogen-bond donors (Lipinski definition) is 1. The fraction of sp³-hybridized carbons (Fsp3) is 0.273. The maximum absolute atomic E-state index is 14.8. The molecule has 10 heteroatoms. The number of hydrogen-bond acceptors (Lipinski definition) is 4. The summed E-state index contributed by atoms with van der Waals surface area (Å²) >= 11 is 0. The van der Waals surface area contributed by atoms with Crippen molar-refractivity contribution >= 4 is 34.2 Å². The summed E-state index contributed by atoms with van der Waals surface area (Å²) in [6.45, 7) is 3.36. The third-order valence-electron chi connectivity index (χ3n) is 5.39. The first kappa shape index (κ1) is 21.7. The highest BCUT2D eigenvalue weighted by molar-refractivity contribution is 6.48. The summed E-state index contributed by atoms with van der Waals surface area (Å²) in [5.74, 6) is -12.2. The van der Waals surface area contributed by atoms with Crippen LogP contribution in [0.3, 0.4) is 0 Å². The van der Waals surface area contributed by atoms with Crippen LogP contribution in [0.2, 0.25) is 0 Å². The summed E-state index contributed by atoms with van der Waals surface area (Å²) in [7, 11) is 0. The largest absolute Gasteiger partial charge is 0.345 e. The minimum atomic E-state index is -1.90. The lowest BCUT2D eigenvalue weighted by Crippen LogP contribution is -2.32. The van der Waals surface area contributed by atoms with Crippen LogP contribution < -0.4 is 4.90 Å². The molecule has 4 rings (SSSR count). The van der Waals surface area contributed by atoms with Gasteiger partial charge in [0, 0.05) is 18.2 Å².